The van der Waals surface area contributed by atoms with Gasteiger partial charge in [-0.25, -0.2) is 4.79 Å². The zero-order chi connectivity index (χ0) is 18.0. The summed E-state index contributed by atoms with van der Waals surface area (Å²) >= 11 is 0. The summed E-state index contributed by atoms with van der Waals surface area (Å²) < 4.78 is 7.77. The van der Waals surface area contributed by atoms with Crippen LogP contribution in [0.2, 0.25) is 0 Å². The van der Waals surface area contributed by atoms with Crippen LogP contribution >= 0.6 is 0 Å². The van der Waals surface area contributed by atoms with Crippen LogP contribution in [0.5, 0.6) is 0 Å². The van der Waals surface area contributed by atoms with Gasteiger partial charge in [0.25, 0.3) is 11.8 Å². The van der Waals surface area contributed by atoms with Crippen molar-refractivity contribution in [2.75, 3.05) is 0 Å². The lowest BCUT2D eigenvalue weighted by atomic mass is 10.3. The Morgan fingerprint density at radius 3 is 2.48 bits per heavy atom. The Kier molecular flexibility index (Phi) is 4.38. The van der Waals surface area contributed by atoms with Gasteiger partial charge in [0.2, 0.25) is 0 Å². The quantitative estimate of drug-likeness (QED) is 0.660. The highest BCUT2D eigenvalue weighted by Crippen LogP contribution is 2.11. The summed E-state index contributed by atoms with van der Waals surface area (Å²) in [4.78, 5) is 35.7. The Labute approximate surface area is 142 Å². The molecule has 0 aliphatic carbocycles. The lowest BCUT2D eigenvalue weighted by Crippen LogP contribution is -2.45. The fraction of sp³-hybridized carbons (Fsp3) is 0.250. The molecule has 0 radical (unpaired) electrons. The van der Waals surface area contributed by atoms with Crippen LogP contribution in [0.1, 0.15) is 11.4 Å². The zero-order valence-electron chi connectivity index (χ0n) is 13.8. The summed E-state index contributed by atoms with van der Waals surface area (Å²) in [6.45, 7) is 3.38. The number of hydrogen-bond acceptors (Lipinski definition) is 5. The highest BCUT2D eigenvalue weighted by molar-refractivity contribution is 5.83. The second kappa shape index (κ2) is 6.63. The number of aromatic nitrogens is 3. The number of benzene rings is 1. The lowest BCUT2D eigenvalue weighted by molar-refractivity contribution is -0.129. The van der Waals surface area contributed by atoms with Crippen molar-refractivity contribution in [1.82, 2.24) is 25.2 Å². The third kappa shape index (κ3) is 3.60. The third-order valence-corrected chi connectivity index (χ3v) is 3.61. The largest absolute Gasteiger partial charge is 0.420 e. The average molecular weight is 343 g/mol. The molecule has 3 aromatic rings. The molecule has 9 nitrogen and oxygen atoms in total. The van der Waals surface area contributed by atoms with Crippen LogP contribution in [0, 0.1) is 13.8 Å². The number of nitrogens with one attached hydrogen (secondary N) is 2. The Morgan fingerprint density at radius 1 is 1.12 bits per heavy atom. The highest BCUT2D eigenvalue weighted by atomic mass is 16.4. The van der Waals surface area contributed by atoms with Gasteiger partial charge in [0.05, 0.1) is 11.2 Å². The number of amides is 2. The molecule has 25 heavy (non-hydrogen) atoms. The Balaban J connectivity index is 1.59. The summed E-state index contributed by atoms with van der Waals surface area (Å²) in [5, 5.41) is 4.17. The van der Waals surface area contributed by atoms with Crippen LogP contribution in [-0.4, -0.2) is 26.2 Å². The van der Waals surface area contributed by atoms with Gasteiger partial charge in [0, 0.05) is 5.69 Å². The van der Waals surface area contributed by atoms with Gasteiger partial charge in [-0.15, -0.1) is 0 Å². The Hall–Kier alpha value is -3.36. The molecule has 0 spiro atoms. The smallest absolute Gasteiger partial charge is 0.408 e. The first-order chi connectivity index (χ1) is 11.9. The van der Waals surface area contributed by atoms with Crippen molar-refractivity contribution in [1.29, 1.82) is 0 Å². The Morgan fingerprint density at radius 2 is 1.80 bits per heavy atom. The number of aryl methyl sites for hydroxylation is 2. The number of hydrazine groups is 1. The van der Waals surface area contributed by atoms with Crippen LogP contribution in [-0.2, 0) is 22.7 Å². The van der Waals surface area contributed by atoms with E-state index >= 15 is 0 Å². The van der Waals surface area contributed by atoms with Gasteiger partial charge in [-0.05, 0) is 32.0 Å². The molecule has 9 heteroatoms. The maximum Gasteiger partial charge on any atom is 0.420 e. The monoisotopic (exact) mass is 343 g/mol. The normalized spacial score (nSPS) is 10.8. The van der Waals surface area contributed by atoms with E-state index < -0.39 is 17.6 Å². The molecule has 0 fully saturated rings. The number of hydrogen-bond donors (Lipinski definition) is 2. The second-order valence-electron chi connectivity index (χ2n) is 5.60. The molecule has 2 amide bonds. The van der Waals surface area contributed by atoms with Crippen molar-refractivity contribution in [3.63, 3.8) is 0 Å². The minimum absolute atomic E-state index is 0.0193. The Bertz CT molecular complexity index is 998. The molecule has 0 atom stereocenters. The van der Waals surface area contributed by atoms with Gasteiger partial charge in [-0.3, -0.25) is 29.7 Å². The molecule has 0 bridgehead atoms. The van der Waals surface area contributed by atoms with E-state index in [0.717, 1.165) is 11.4 Å². The fourth-order valence-electron chi connectivity index (χ4n) is 2.50. The predicted octanol–water partition coefficient (Wildman–Crippen LogP) is 0.255. The first-order valence-electron chi connectivity index (χ1n) is 7.61. The molecule has 0 aliphatic rings. The molecular weight excluding hydrogens is 326 g/mol. The number of oxazole rings is 1. The lowest BCUT2D eigenvalue weighted by Gasteiger charge is -2.08. The summed E-state index contributed by atoms with van der Waals surface area (Å²) in [5.41, 5.74) is 7.14. The molecule has 2 aromatic heterocycles. The summed E-state index contributed by atoms with van der Waals surface area (Å²) in [5.74, 6) is -1.61. The topological polar surface area (TPSA) is 111 Å². The predicted molar refractivity (Wildman–Crippen MR) is 88.5 cm³/mol. The van der Waals surface area contributed by atoms with E-state index in [9.17, 15) is 14.4 Å². The van der Waals surface area contributed by atoms with Crippen LogP contribution in [0.25, 0.3) is 11.1 Å². The maximum absolute atomic E-state index is 12.0. The molecule has 0 unspecified atom stereocenters. The standard InChI is InChI=1S/C16H17N5O4/c1-10-7-11(2)21(19-10)9-15(23)18-17-14(22)8-20-12-5-3-4-6-13(12)25-16(20)24/h3-7H,8-9H2,1-2H3,(H,17,22)(H,18,23). The molecule has 0 saturated heterocycles. The number of carbonyl (C=O) groups excluding carboxylic acids is 2. The number of rotatable bonds is 4. The van der Waals surface area contributed by atoms with Crippen LogP contribution in [0.3, 0.4) is 0 Å². The minimum Gasteiger partial charge on any atom is -0.408 e. The fourth-order valence-corrected chi connectivity index (χ4v) is 2.50. The second-order valence-corrected chi connectivity index (χ2v) is 5.60. The number of fused-ring (bicyclic) bond motifs is 1. The van der Waals surface area contributed by atoms with Crippen molar-refractivity contribution < 1.29 is 14.0 Å². The number of nitrogens with zero attached hydrogens (tertiary/aromatic N) is 3. The third-order valence-electron chi connectivity index (χ3n) is 3.61. The summed E-state index contributed by atoms with van der Waals surface area (Å²) in [7, 11) is 0. The van der Waals surface area contributed by atoms with Crippen molar-refractivity contribution in [3.8, 4) is 0 Å². The van der Waals surface area contributed by atoms with E-state index in [-0.39, 0.29) is 13.1 Å². The molecule has 0 aliphatic heterocycles. The summed E-state index contributed by atoms with van der Waals surface area (Å²) in [6.07, 6.45) is 0. The first-order valence-corrected chi connectivity index (χ1v) is 7.61. The van der Waals surface area contributed by atoms with Gasteiger partial charge >= 0.3 is 5.76 Å². The molecule has 0 saturated carbocycles. The first kappa shape index (κ1) is 16.5. The van der Waals surface area contributed by atoms with E-state index in [0.29, 0.717) is 11.1 Å². The van der Waals surface area contributed by atoms with Crippen molar-refractivity contribution in [3.05, 3.63) is 52.3 Å². The van der Waals surface area contributed by atoms with E-state index in [1.807, 2.05) is 19.9 Å². The molecule has 130 valence electrons. The van der Waals surface area contributed by atoms with Crippen LogP contribution < -0.4 is 16.6 Å². The van der Waals surface area contributed by atoms with Gasteiger partial charge < -0.3 is 4.42 Å². The van der Waals surface area contributed by atoms with Gasteiger partial charge in [0.1, 0.15) is 13.1 Å². The van der Waals surface area contributed by atoms with Gasteiger partial charge in [-0.2, -0.15) is 5.10 Å². The highest BCUT2D eigenvalue weighted by Gasteiger charge is 2.13. The van der Waals surface area contributed by atoms with E-state index in [2.05, 4.69) is 16.0 Å². The molecule has 3 rings (SSSR count). The molecule has 2 N–H and O–H groups in total. The van der Waals surface area contributed by atoms with E-state index in [1.54, 1.807) is 24.3 Å². The van der Waals surface area contributed by atoms with Crippen molar-refractivity contribution >= 4 is 22.9 Å². The molecular formula is C16H17N5O4. The molecule has 1 aromatic carbocycles. The van der Waals surface area contributed by atoms with Gasteiger partial charge in [-0.1, -0.05) is 12.1 Å². The van der Waals surface area contributed by atoms with Crippen LogP contribution in [0.15, 0.2) is 39.5 Å². The van der Waals surface area contributed by atoms with Gasteiger partial charge in [0.15, 0.2) is 5.58 Å². The summed E-state index contributed by atoms with van der Waals surface area (Å²) in [6, 6.07) is 8.63. The zero-order valence-corrected chi connectivity index (χ0v) is 13.8. The number of para-hydroxylation sites is 2. The van der Waals surface area contributed by atoms with Crippen molar-refractivity contribution in [2.45, 2.75) is 26.9 Å². The average Bonchev–Trinajstić information content (AvgIpc) is 3.04. The molecule has 2 heterocycles. The SMILES string of the molecule is Cc1cc(C)n(CC(=O)NNC(=O)Cn2c(=O)oc3ccccc32)n1. The van der Waals surface area contributed by atoms with E-state index in [1.165, 1.54) is 9.25 Å². The number of carbonyl (C=O) groups is 2. The minimum atomic E-state index is -0.634. The maximum atomic E-state index is 12.0. The van der Waals surface area contributed by atoms with E-state index in [4.69, 9.17) is 4.42 Å². The van der Waals surface area contributed by atoms with Crippen LogP contribution in [0.4, 0.5) is 0 Å². The van der Waals surface area contributed by atoms with Crippen molar-refractivity contribution in [2.24, 2.45) is 0 Å².